The molecule has 1 aliphatic heterocycles. The summed E-state index contributed by atoms with van der Waals surface area (Å²) in [5.74, 6) is -0.412. The van der Waals surface area contributed by atoms with Gasteiger partial charge in [0.25, 0.3) is 10.0 Å². The van der Waals surface area contributed by atoms with Gasteiger partial charge in [0.15, 0.2) is 0 Å². The molecule has 154 valence electrons. The van der Waals surface area contributed by atoms with Crippen molar-refractivity contribution >= 4 is 21.8 Å². The largest absolute Gasteiger partial charge is 0.496 e. The molecule has 0 N–H and O–H groups in total. The highest BCUT2D eigenvalue weighted by atomic mass is 32.2. The maximum atomic E-state index is 13.2. The fourth-order valence-corrected chi connectivity index (χ4v) is 5.18. The fourth-order valence-electron chi connectivity index (χ4n) is 3.50. The fraction of sp³-hybridized carbons (Fsp3) is 0.333. The maximum Gasteiger partial charge on any atom is 0.267 e. The quantitative estimate of drug-likeness (QED) is 0.722. The number of carbonyl (C=O) groups is 2. The molecular weight excluding hydrogens is 392 g/mol. The van der Waals surface area contributed by atoms with E-state index in [1.54, 1.807) is 20.0 Å². The van der Waals surface area contributed by atoms with E-state index in [9.17, 15) is 18.0 Å². The molecule has 0 bridgehead atoms. The third kappa shape index (κ3) is 4.12. The number of ether oxygens (including phenoxy) is 1. The minimum absolute atomic E-state index is 0.0178. The van der Waals surface area contributed by atoms with E-state index >= 15 is 0 Å². The van der Waals surface area contributed by atoms with Gasteiger partial charge in [-0.25, -0.2) is 12.7 Å². The van der Waals surface area contributed by atoms with Crippen molar-refractivity contribution < 1.29 is 22.7 Å². The molecule has 2 amide bonds. The number of sulfonamides is 1. The van der Waals surface area contributed by atoms with Crippen molar-refractivity contribution in [3.63, 3.8) is 0 Å². The van der Waals surface area contributed by atoms with Crippen molar-refractivity contribution in [3.05, 3.63) is 59.7 Å². The zero-order chi connectivity index (χ0) is 21.2. The normalized spacial score (nSPS) is 16.7. The van der Waals surface area contributed by atoms with E-state index in [0.29, 0.717) is 17.9 Å². The van der Waals surface area contributed by atoms with Crippen LogP contribution in [0.25, 0.3) is 0 Å². The molecule has 2 aromatic rings. The van der Waals surface area contributed by atoms with Crippen molar-refractivity contribution in [1.29, 1.82) is 0 Å². The number of aryl methyl sites for hydroxylation is 1. The number of rotatable bonds is 6. The van der Waals surface area contributed by atoms with Crippen molar-refractivity contribution in [2.75, 3.05) is 14.2 Å². The van der Waals surface area contributed by atoms with Crippen LogP contribution >= 0.6 is 0 Å². The molecule has 1 aliphatic rings. The summed E-state index contributed by atoms with van der Waals surface area (Å²) < 4.78 is 32.3. The van der Waals surface area contributed by atoms with Gasteiger partial charge in [0.05, 0.1) is 12.0 Å². The summed E-state index contributed by atoms with van der Waals surface area (Å²) in [4.78, 5) is 26.9. The number of carbonyl (C=O) groups excluding carboxylic acids is 2. The van der Waals surface area contributed by atoms with Crippen molar-refractivity contribution in [1.82, 2.24) is 9.21 Å². The molecule has 29 heavy (non-hydrogen) atoms. The Kier molecular flexibility index (Phi) is 5.93. The first-order valence-electron chi connectivity index (χ1n) is 9.26. The molecule has 2 aromatic carbocycles. The molecule has 0 saturated carbocycles. The Hall–Kier alpha value is -2.87. The predicted octanol–water partition coefficient (Wildman–Crippen LogP) is 2.34. The average molecular weight is 416 g/mol. The van der Waals surface area contributed by atoms with Crippen molar-refractivity contribution in [3.8, 4) is 5.75 Å². The van der Waals surface area contributed by atoms with Crippen molar-refractivity contribution in [2.24, 2.45) is 0 Å². The number of nitrogens with zero attached hydrogens (tertiary/aromatic N) is 2. The Morgan fingerprint density at radius 1 is 1.21 bits per heavy atom. The van der Waals surface area contributed by atoms with Crippen LogP contribution in [0.3, 0.4) is 0 Å². The molecule has 1 saturated heterocycles. The zero-order valence-corrected chi connectivity index (χ0v) is 17.5. The predicted molar refractivity (Wildman–Crippen MR) is 108 cm³/mol. The Morgan fingerprint density at radius 2 is 1.90 bits per heavy atom. The topological polar surface area (TPSA) is 84.0 Å². The summed E-state index contributed by atoms with van der Waals surface area (Å²) >= 11 is 0. The lowest BCUT2D eigenvalue weighted by Crippen LogP contribution is -2.47. The second kappa shape index (κ2) is 8.24. The van der Waals surface area contributed by atoms with Gasteiger partial charge in [0.2, 0.25) is 11.8 Å². The first kappa shape index (κ1) is 20.9. The van der Waals surface area contributed by atoms with E-state index in [1.807, 2.05) is 30.3 Å². The van der Waals surface area contributed by atoms with Crippen LogP contribution in [-0.2, 0) is 26.2 Å². The number of amides is 2. The summed E-state index contributed by atoms with van der Waals surface area (Å²) in [6.45, 7) is 2.06. The lowest BCUT2D eigenvalue weighted by atomic mass is 10.1. The summed E-state index contributed by atoms with van der Waals surface area (Å²) in [6, 6.07) is 12.7. The lowest BCUT2D eigenvalue weighted by Gasteiger charge is -2.28. The summed E-state index contributed by atoms with van der Waals surface area (Å²) in [5.41, 5.74) is 1.55. The number of hydrogen-bond donors (Lipinski definition) is 0. The second-order valence-electron chi connectivity index (χ2n) is 7.06. The van der Waals surface area contributed by atoms with Gasteiger partial charge in [0.1, 0.15) is 11.8 Å². The molecule has 1 atom stereocenters. The zero-order valence-electron chi connectivity index (χ0n) is 16.7. The van der Waals surface area contributed by atoms with E-state index < -0.39 is 27.9 Å². The van der Waals surface area contributed by atoms with E-state index in [2.05, 4.69) is 0 Å². The minimum atomic E-state index is -4.16. The molecule has 7 nitrogen and oxygen atoms in total. The van der Waals surface area contributed by atoms with Crippen molar-refractivity contribution in [2.45, 2.75) is 37.2 Å². The van der Waals surface area contributed by atoms with Crippen LogP contribution < -0.4 is 4.74 Å². The number of likely N-dealkylation sites (N-methyl/N-ethyl adjacent to an activating group) is 1. The lowest BCUT2D eigenvalue weighted by molar-refractivity contribution is -0.137. The highest BCUT2D eigenvalue weighted by Crippen LogP contribution is 2.30. The van der Waals surface area contributed by atoms with E-state index in [1.165, 1.54) is 24.1 Å². The van der Waals surface area contributed by atoms with Gasteiger partial charge in [-0.05, 0) is 42.7 Å². The van der Waals surface area contributed by atoms with E-state index in [4.69, 9.17) is 4.74 Å². The first-order valence-corrected chi connectivity index (χ1v) is 10.7. The van der Waals surface area contributed by atoms with Gasteiger partial charge in [-0.3, -0.25) is 9.59 Å². The van der Waals surface area contributed by atoms with Crippen LogP contribution in [0.4, 0.5) is 0 Å². The molecular formula is C21H24N2O5S. The van der Waals surface area contributed by atoms with Gasteiger partial charge < -0.3 is 9.64 Å². The Balaban J connectivity index is 1.87. The van der Waals surface area contributed by atoms with Crippen LogP contribution in [0.5, 0.6) is 5.75 Å². The average Bonchev–Trinajstić information content (AvgIpc) is 3.10. The molecule has 0 aromatic heterocycles. The molecule has 1 heterocycles. The summed E-state index contributed by atoms with van der Waals surface area (Å²) in [7, 11) is -1.05. The van der Waals surface area contributed by atoms with Crippen LogP contribution in [0.15, 0.2) is 53.4 Å². The van der Waals surface area contributed by atoms with Gasteiger partial charge in [-0.1, -0.05) is 30.3 Å². The van der Waals surface area contributed by atoms with Crippen LogP contribution in [-0.4, -0.2) is 49.6 Å². The molecule has 1 fully saturated rings. The number of benzene rings is 2. The molecule has 0 radical (unpaired) electrons. The summed E-state index contributed by atoms with van der Waals surface area (Å²) in [6.07, 6.45) is 0.190. The Labute approximate surface area is 170 Å². The standard InChI is InChI=1S/C21H24N2O5S/c1-15-13-17(9-11-19(15)28-3)29(26,27)23-18(10-12-20(23)24)21(25)22(2)14-16-7-5-4-6-8-16/h4-9,11,13,18H,10,12,14H2,1-3H3/t18-/m0/s1. The summed E-state index contributed by atoms with van der Waals surface area (Å²) in [5, 5.41) is 0. The molecule has 0 spiro atoms. The van der Waals surface area contributed by atoms with E-state index in [0.717, 1.165) is 9.87 Å². The Morgan fingerprint density at radius 3 is 2.52 bits per heavy atom. The smallest absolute Gasteiger partial charge is 0.267 e. The first-order chi connectivity index (χ1) is 13.8. The highest BCUT2D eigenvalue weighted by molar-refractivity contribution is 7.89. The van der Waals surface area contributed by atoms with Crippen LogP contribution in [0.1, 0.15) is 24.0 Å². The molecule has 0 unspecified atom stereocenters. The van der Waals surface area contributed by atoms with Gasteiger partial charge >= 0.3 is 0 Å². The Bertz CT molecular complexity index is 1020. The number of methoxy groups -OCH3 is 1. The highest BCUT2D eigenvalue weighted by Gasteiger charge is 2.45. The van der Waals surface area contributed by atoms with Gasteiger partial charge in [-0.2, -0.15) is 0 Å². The van der Waals surface area contributed by atoms with Crippen LogP contribution in [0.2, 0.25) is 0 Å². The third-order valence-corrected chi connectivity index (χ3v) is 6.83. The SMILES string of the molecule is COc1ccc(S(=O)(=O)N2C(=O)CC[C@H]2C(=O)N(C)Cc2ccccc2)cc1C. The maximum absolute atomic E-state index is 13.2. The molecule has 3 rings (SSSR count). The van der Waals surface area contributed by atoms with Gasteiger partial charge in [-0.15, -0.1) is 0 Å². The minimum Gasteiger partial charge on any atom is -0.496 e. The van der Waals surface area contributed by atoms with Crippen LogP contribution in [0, 0.1) is 6.92 Å². The second-order valence-corrected chi connectivity index (χ2v) is 8.88. The monoisotopic (exact) mass is 416 g/mol. The number of hydrogen-bond acceptors (Lipinski definition) is 5. The molecule has 0 aliphatic carbocycles. The molecule has 8 heteroatoms. The van der Waals surface area contributed by atoms with Gasteiger partial charge in [0, 0.05) is 20.0 Å². The third-order valence-electron chi connectivity index (χ3n) is 5.01. The van der Waals surface area contributed by atoms with E-state index in [-0.39, 0.29) is 17.7 Å².